The number of aromatic amines is 1. The van der Waals surface area contributed by atoms with Crippen LogP contribution >= 0.6 is 0 Å². The fourth-order valence-corrected chi connectivity index (χ4v) is 2.16. The number of hydrogen-bond acceptors (Lipinski definition) is 2. The van der Waals surface area contributed by atoms with Crippen molar-refractivity contribution in [1.29, 1.82) is 0 Å². The Hall–Kier alpha value is -1.87. The van der Waals surface area contributed by atoms with Gasteiger partial charge >= 0.3 is 0 Å². The van der Waals surface area contributed by atoms with E-state index in [0.29, 0.717) is 5.92 Å². The molecule has 0 saturated heterocycles. The summed E-state index contributed by atoms with van der Waals surface area (Å²) in [5.41, 5.74) is 2.18. The van der Waals surface area contributed by atoms with Crippen molar-refractivity contribution < 1.29 is 0 Å². The van der Waals surface area contributed by atoms with Crippen molar-refractivity contribution in [2.75, 3.05) is 6.54 Å². The molecule has 2 aromatic rings. The number of allylic oxidation sites excluding steroid dienone is 1. The second-order valence-electron chi connectivity index (χ2n) is 5.20. The van der Waals surface area contributed by atoms with E-state index >= 15 is 0 Å². The van der Waals surface area contributed by atoms with E-state index in [2.05, 4.69) is 40.9 Å². The van der Waals surface area contributed by atoms with Crippen molar-refractivity contribution in [3.63, 3.8) is 0 Å². The van der Waals surface area contributed by atoms with Crippen LogP contribution in [0.5, 0.6) is 0 Å². The quantitative estimate of drug-likeness (QED) is 0.566. The molecule has 20 heavy (non-hydrogen) atoms. The van der Waals surface area contributed by atoms with Crippen LogP contribution < -0.4 is 5.32 Å². The van der Waals surface area contributed by atoms with E-state index in [-0.39, 0.29) is 0 Å². The zero-order chi connectivity index (χ0) is 14.2. The molecule has 0 aliphatic heterocycles. The van der Waals surface area contributed by atoms with Gasteiger partial charge in [0.25, 0.3) is 0 Å². The third kappa shape index (κ3) is 4.35. The van der Waals surface area contributed by atoms with Gasteiger partial charge in [-0.25, -0.2) is 4.98 Å². The Kier molecular flexibility index (Phi) is 5.56. The molecule has 3 nitrogen and oxygen atoms in total. The highest BCUT2D eigenvalue weighted by molar-refractivity contribution is 5.54. The highest BCUT2D eigenvalue weighted by Gasteiger charge is 2.03. The number of aromatic nitrogens is 2. The summed E-state index contributed by atoms with van der Waals surface area (Å²) in [4.78, 5) is 7.83. The summed E-state index contributed by atoms with van der Waals surface area (Å²) in [5, 5.41) is 3.44. The molecule has 106 valence electrons. The summed E-state index contributed by atoms with van der Waals surface area (Å²) in [7, 11) is 0. The minimum Gasteiger partial charge on any atom is -0.344 e. The Balaban J connectivity index is 1.78. The van der Waals surface area contributed by atoms with E-state index < -0.39 is 0 Å². The first-order chi connectivity index (χ1) is 9.79. The fraction of sp³-hybridized carbons (Fsp3) is 0.353. The molecule has 0 aliphatic carbocycles. The molecule has 0 aliphatic rings. The maximum Gasteiger partial charge on any atom is 0.137 e. The van der Waals surface area contributed by atoms with Gasteiger partial charge in [-0.05, 0) is 25.3 Å². The summed E-state index contributed by atoms with van der Waals surface area (Å²) in [6, 6.07) is 10.2. The van der Waals surface area contributed by atoms with E-state index in [1.807, 2.05) is 30.5 Å². The second-order valence-corrected chi connectivity index (χ2v) is 5.20. The number of H-pyrrole nitrogens is 1. The Morgan fingerprint density at radius 1 is 1.35 bits per heavy atom. The number of rotatable bonds is 8. The topological polar surface area (TPSA) is 40.7 Å². The molecule has 1 atom stereocenters. The lowest BCUT2D eigenvalue weighted by molar-refractivity contribution is 0.504. The van der Waals surface area contributed by atoms with Crippen LogP contribution in [0.25, 0.3) is 11.4 Å². The number of nitrogens with one attached hydrogen (secondary N) is 2. The standard InChI is InChI=1S/C17H23N3/c1-3-7-14(2)10-11-18-12-16-13-19-17(20-16)15-8-5-4-6-9-15/h3-6,8-9,13-14,18H,1,7,10-12H2,2H3,(H,19,20). The highest BCUT2D eigenvalue weighted by Crippen LogP contribution is 2.14. The van der Waals surface area contributed by atoms with Gasteiger partial charge in [0, 0.05) is 18.3 Å². The smallest absolute Gasteiger partial charge is 0.137 e. The molecule has 0 fully saturated rings. The molecule has 3 heteroatoms. The third-order valence-corrected chi connectivity index (χ3v) is 3.37. The summed E-state index contributed by atoms with van der Waals surface area (Å²) < 4.78 is 0. The van der Waals surface area contributed by atoms with Gasteiger partial charge < -0.3 is 10.3 Å². The maximum atomic E-state index is 4.60. The zero-order valence-electron chi connectivity index (χ0n) is 12.1. The SMILES string of the molecule is C=CCC(C)CCNCc1c[nH]c(-c2ccccc2)n1. The Morgan fingerprint density at radius 2 is 2.15 bits per heavy atom. The number of hydrogen-bond donors (Lipinski definition) is 2. The van der Waals surface area contributed by atoms with Crippen molar-refractivity contribution in [2.45, 2.75) is 26.3 Å². The number of benzene rings is 1. The first-order valence-electron chi connectivity index (χ1n) is 7.21. The molecule has 0 saturated carbocycles. The molecule has 1 unspecified atom stereocenters. The minimum atomic E-state index is 0.694. The predicted molar refractivity (Wildman–Crippen MR) is 84.3 cm³/mol. The van der Waals surface area contributed by atoms with Crippen LogP contribution in [0.3, 0.4) is 0 Å². The Morgan fingerprint density at radius 3 is 2.90 bits per heavy atom. The van der Waals surface area contributed by atoms with Crippen LogP contribution in [0.2, 0.25) is 0 Å². The molecular formula is C17H23N3. The fourth-order valence-electron chi connectivity index (χ4n) is 2.16. The molecule has 1 heterocycles. The molecule has 0 radical (unpaired) electrons. The van der Waals surface area contributed by atoms with E-state index in [1.54, 1.807) is 0 Å². The normalized spacial score (nSPS) is 12.2. The zero-order valence-corrected chi connectivity index (χ0v) is 12.1. The average Bonchev–Trinajstić information content (AvgIpc) is 2.94. The van der Waals surface area contributed by atoms with E-state index in [0.717, 1.165) is 36.6 Å². The molecule has 0 bridgehead atoms. The van der Waals surface area contributed by atoms with E-state index in [4.69, 9.17) is 0 Å². The summed E-state index contributed by atoms with van der Waals surface area (Å²) in [6.07, 6.45) is 6.22. The van der Waals surface area contributed by atoms with Gasteiger partial charge in [-0.2, -0.15) is 0 Å². The molecule has 2 rings (SSSR count). The van der Waals surface area contributed by atoms with Gasteiger partial charge in [0.1, 0.15) is 5.82 Å². The average molecular weight is 269 g/mol. The van der Waals surface area contributed by atoms with Crippen molar-refractivity contribution in [3.05, 3.63) is 54.9 Å². The van der Waals surface area contributed by atoms with Crippen LogP contribution in [-0.2, 0) is 6.54 Å². The van der Waals surface area contributed by atoms with Crippen molar-refractivity contribution in [3.8, 4) is 11.4 Å². The lowest BCUT2D eigenvalue weighted by atomic mass is 10.0. The van der Waals surface area contributed by atoms with Gasteiger partial charge in [0.2, 0.25) is 0 Å². The van der Waals surface area contributed by atoms with Crippen molar-refractivity contribution in [1.82, 2.24) is 15.3 Å². The van der Waals surface area contributed by atoms with Gasteiger partial charge in [0.15, 0.2) is 0 Å². The third-order valence-electron chi connectivity index (χ3n) is 3.37. The monoisotopic (exact) mass is 269 g/mol. The Labute approximate surface area is 121 Å². The molecule has 2 N–H and O–H groups in total. The minimum absolute atomic E-state index is 0.694. The van der Waals surface area contributed by atoms with Gasteiger partial charge in [-0.15, -0.1) is 6.58 Å². The van der Waals surface area contributed by atoms with Gasteiger partial charge in [-0.1, -0.05) is 43.3 Å². The van der Waals surface area contributed by atoms with Gasteiger partial charge in [-0.3, -0.25) is 0 Å². The molecule has 1 aromatic carbocycles. The first-order valence-corrected chi connectivity index (χ1v) is 7.21. The maximum absolute atomic E-state index is 4.60. The number of imidazole rings is 1. The lowest BCUT2D eigenvalue weighted by Gasteiger charge is -2.08. The largest absolute Gasteiger partial charge is 0.344 e. The summed E-state index contributed by atoms with van der Waals surface area (Å²) in [5.74, 6) is 1.63. The lowest BCUT2D eigenvalue weighted by Crippen LogP contribution is -2.17. The number of nitrogens with zero attached hydrogens (tertiary/aromatic N) is 1. The van der Waals surface area contributed by atoms with E-state index in [9.17, 15) is 0 Å². The van der Waals surface area contributed by atoms with Crippen LogP contribution in [-0.4, -0.2) is 16.5 Å². The molecule has 1 aromatic heterocycles. The molecule has 0 amide bonds. The summed E-state index contributed by atoms with van der Waals surface area (Å²) >= 11 is 0. The first kappa shape index (κ1) is 14.5. The van der Waals surface area contributed by atoms with Crippen molar-refractivity contribution >= 4 is 0 Å². The van der Waals surface area contributed by atoms with E-state index in [1.165, 1.54) is 6.42 Å². The van der Waals surface area contributed by atoms with Crippen LogP contribution in [0.4, 0.5) is 0 Å². The molecular weight excluding hydrogens is 246 g/mol. The van der Waals surface area contributed by atoms with Crippen molar-refractivity contribution in [2.24, 2.45) is 5.92 Å². The van der Waals surface area contributed by atoms with Crippen LogP contribution in [0.1, 0.15) is 25.5 Å². The van der Waals surface area contributed by atoms with Crippen LogP contribution in [0, 0.1) is 5.92 Å². The molecule has 0 spiro atoms. The van der Waals surface area contributed by atoms with Crippen LogP contribution in [0.15, 0.2) is 49.2 Å². The second kappa shape index (κ2) is 7.65. The Bertz CT molecular complexity index is 516. The summed E-state index contributed by atoms with van der Waals surface area (Å²) in [6.45, 7) is 7.85. The highest BCUT2D eigenvalue weighted by atomic mass is 15.0. The van der Waals surface area contributed by atoms with Gasteiger partial charge in [0.05, 0.1) is 5.69 Å². The predicted octanol–water partition coefficient (Wildman–Crippen LogP) is 3.77.